The number of halogens is 12. The highest BCUT2D eigenvalue weighted by molar-refractivity contribution is 6.39. The molecule has 3 atom stereocenters. The van der Waals surface area contributed by atoms with Gasteiger partial charge in [0, 0.05) is 60.0 Å². The van der Waals surface area contributed by atoms with E-state index in [4.69, 9.17) is 0 Å². The predicted molar refractivity (Wildman–Crippen MR) is 189 cm³/mol. The molecule has 336 valence electrons. The Morgan fingerprint density at radius 1 is 0.422 bits per heavy atom. The Bertz CT molecular complexity index is 2470. The lowest BCUT2D eigenvalue weighted by atomic mass is 10.0. The smallest absolute Gasteiger partial charge is 0.484 e. The van der Waals surface area contributed by atoms with Gasteiger partial charge in [-0.05, 0) is 0 Å². The van der Waals surface area contributed by atoms with Gasteiger partial charge < -0.3 is 44.0 Å². The van der Waals surface area contributed by atoms with Crippen molar-refractivity contribution in [2.75, 3.05) is 40.8 Å². The van der Waals surface area contributed by atoms with Crippen LogP contribution in [0.15, 0.2) is 0 Å². The number of carbonyl (C=O) groups is 3. The molecule has 25 heteroatoms. The molecular weight excluding hydrogens is 893 g/mol. The summed E-state index contributed by atoms with van der Waals surface area (Å²) in [5, 5.41) is 31.7. The summed E-state index contributed by atoms with van der Waals surface area (Å²) in [6, 6.07) is 0. The van der Waals surface area contributed by atoms with Crippen LogP contribution in [0.5, 0.6) is 17.2 Å². The summed E-state index contributed by atoms with van der Waals surface area (Å²) in [4.78, 5) is 39.8. The van der Waals surface area contributed by atoms with Crippen molar-refractivity contribution in [3.8, 4) is 52.8 Å². The monoisotopic (exact) mass is 917 g/mol. The highest BCUT2D eigenvalue weighted by Crippen LogP contribution is 2.37. The number of carbonyl (C=O) groups excluding carboxylic acids is 3. The van der Waals surface area contributed by atoms with Gasteiger partial charge in [0.2, 0.25) is 34.3 Å². The zero-order valence-electron chi connectivity index (χ0n) is 32.5. The van der Waals surface area contributed by atoms with Crippen LogP contribution < -0.4 is 14.0 Å². The number of nitrogens with zero attached hydrogens (tertiary/aromatic N) is 3. The van der Waals surface area contributed by atoms with Gasteiger partial charge in [-0.2, -0.15) is 13.2 Å². The summed E-state index contributed by atoms with van der Waals surface area (Å²) in [7, 11) is -0.207. The summed E-state index contributed by atoms with van der Waals surface area (Å²) >= 11 is 0. The molecule has 3 saturated heterocycles. The molecule has 3 heterocycles. The summed E-state index contributed by atoms with van der Waals surface area (Å²) < 4.78 is 198. The van der Waals surface area contributed by atoms with E-state index in [2.05, 4.69) is 14.0 Å². The number of hydrogen-bond acceptors (Lipinski definition) is 9. The standard InChI is InChI=1S/C39H24BF12N3O9/c1-53-13-10-37(59,34(53)56)7-4-16-19(41)25(47)28(50)31(22(16)44)62-40(63-32-23(45)17(20(42)26(48)29(32)51)5-8-38(60)11-14-54(2)35(38)57)64-33-24(46)18(21(43)27(49)30(33)52)6-9-39(61)12-15-55(3)36(39)58/h59-61H,10-15H2,1-3H3/t37-,38-,39-/m0/s1. The Balaban J connectivity index is 1.53. The maximum absolute atomic E-state index is 15.9. The highest BCUT2D eigenvalue weighted by Gasteiger charge is 2.46. The van der Waals surface area contributed by atoms with Crippen LogP contribution in [0.2, 0.25) is 0 Å². The lowest BCUT2D eigenvalue weighted by molar-refractivity contribution is -0.138. The van der Waals surface area contributed by atoms with Gasteiger partial charge in [-0.1, -0.05) is 35.5 Å². The van der Waals surface area contributed by atoms with Crippen molar-refractivity contribution >= 4 is 25.0 Å². The molecule has 0 saturated carbocycles. The average Bonchev–Trinajstić information content (AvgIpc) is 3.79. The molecule has 3 amide bonds. The number of amides is 3. The molecule has 0 spiro atoms. The van der Waals surface area contributed by atoms with E-state index in [-0.39, 0.29) is 19.6 Å². The van der Waals surface area contributed by atoms with Gasteiger partial charge in [0.15, 0.2) is 69.6 Å². The molecule has 3 N–H and O–H groups in total. The second-order valence-electron chi connectivity index (χ2n) is 14.3. The number of likely N-dealkylation sites (N-methyl/N-ethyl adjacent to an activating group) is 3. The molecule has 12 nitrogen and oxygen atoms in total. The van der Waals surface area contributed by atoms with Crippen LogP contribution in [0.3, 0.4) is 0 Å². The molecule has 3 aromatic rings. The van der Waals surface area contributed by atoms with E-state index in [1.807, 2.05) is 0 Å². The molecule has 0 radical (unpaired) electrons. The van der Waals surface area contributed by atoms with Crippen LogP contribution in [0, 0.1) is 105 Å². The minimum atomic E-state index is -3.77. The Morgan fingerprint density at radius 3 is 0.859 bits per heavy atom. The number of aliphatic hydroxyl groups is 3. The zero-order valence-corrected chi connectivity index (χ0v) is 32.5. The topological polar surface area (TPSA) is 149 Å². The van der Waals surface area contributed by atoms with Crippen molar-refractivity contribution in [3.05, 3.63) is 86.5 Å². The Morgan fingerprint density at radius 2 is 0.656 bits per heavy atom. The van der Waals surface area contributed by atoms with E-state index in [1.54, 1.807) is 35.5 Å². The fraction of sp³-hybridized carbons (Fsp3) is 0.308. The first-order valence-electron chi connectivity index (χ1n) is 17.9. The van der Waals surface area contributed by atoms with E-state index in [0.717, 1.165) is 14.7 Å². The molecule has 0 unspecified atom stereocenters. The first-order valence-corrected chi connectivity index (χ1v) is 17.9. The third kappa shape index (κ3) is 7.93. The normalized spacial score (nSPS) is 21.7. The maximum Gasteiger partial charge on any atom is 0.864 e. The summed E-state index contributed by atoms with van der Waals surface area (Å²) in [6.07, 6.45) is -1.45. The first-order chi connectivity index (χ1) is 29.8. The van der Waals surface area contributed by atoms with Crippen molar-refractivity contribution < 1.29 is 96.4 Å². The van der Waals surface area contributed by atoms with Gasteiger partial charge in [0.1, 0.15) is 16.7 Å². The van der Waals surface area contributed by atoms with Crippen LogP contribution in [0.1, 0.15) is 36.0 Å². The van der Waals surface area contributed by atoms with Crippen LogP contribution in [-0.2, 0) is 14.4 Å². The maximum atomic E-state index is 15.9. The van der Waals surface area contributed by atoms with Crippen molar-refractivity contribution in [1.82, 2.24) is 14.7 Å². The molecule has 6 rings (SSSR count). The van der Waals surface area contributed by atoms with E-state index in [9.17, 15) is 56.0 Å². The molecule has 0 aliphatic carbocycles. The second kappa shape index (κ2) is 16.8. The second-order valence-corrected chi connectivity index (χ2v) is 14.3. The Labute approximate surface area is 352 Å². The zero-order chi connectivity index (χ0) is 47.5. The van der Waals surface area contributed by atoms with Crippen LogP contribution in [0.25, 0.3) is 0 Å². The highest BCUT2D eigenvalue weighted by atomic mass is 19.2. The van der Waals surface area contributed by atoms with Gasteiger partial charge in [-0.25, -0.2) is 39.5 Å². The van der Waals surface area contributed by atoms with E-state index in [1.165, 1.54) is 21.1 Å². The SMILES string of the molecule is CN1CC[C@@](O)(C#Cc2c(F)c(F)c(F)c(OB(Oc3c(F)c(F)c(F)c(C#C[C@]4(O)CCN(C)C4=O)c3F)Oc3c(F)c(F)c(F)c(C#C[C@]4(O)CCN(C)C4=O)c3F)c2F)C1=O. The predicted octanol–water partition coefficient (Wildman–Crippen LogP) is 2.71. The van der Waals surface area contributed by atoms with Gasteiger partial charge in [-0.15, -0.1) is 0 Å². The lowest BCUT2D eigenvalue weighted by Gasteiger charge is -2.20. The lowest BCUT2D eigenvalue weighted by Crippen LogP contribution is -2.39. The number of likely N-dealkylation sites (tertiary alicyclic amines) is 3. The van der Waals surface area contributed by atoms with Crippen LogP contribution in [0.4, 0.5) is 52.7 Å². The Kier molecular flexibility index (Phi) is 12.2. The summed E-state index contributed by atoms with van der Waals surface area (Å²) in [5.41, 5.74) is -13.6. The van der Waals surface area contributed by atoms with Crippen molar-refractivity contribution in [1.29, 1.82) is 0 Å². The van der Waals surface area contributed by atoms with E-state index in [0.29, 0.717) is 0 Å². The van der Waals surface area contributed by atoms with Gasteiger partial charge >= 0.3 is 7.32 Å². The summed E-state index contributed by atoms with van der Waals surface area (Å²) in [5.74, 6) is -31.8. The molecule has 3 fully saturated rings. The fourth-order valence-electron chi connectivity index (χ4n) is 6.24. The average molecular weight is 917 g/mol. The van der Waals surface area contributed by atoms with Crippen LogP contribution >= 0.6 is 0 Å². The van der Waals surface area contributed by atoms with E-state index >= 15 is 26.3 Å². The third-order valence-electron chi connectivity index (χ3n) is 10.0. The molecule has 3 aliphatic rings. The van der Waals surface area contributed by atoms with Crippen LogP contribution in [-0.4, -0.2) is 113 Å². The van der Waals surface area contributed by atoms with Gasteiger partial charge in [-0.3, -0.25) is 14.4 Å². The fourth-order valence-corrected chi connectivity index (χ4v) is 6.24. The molecular formula is C39H24BF12N3O9. The Hall–Kier alpha value is -6.75. The summed E-state index contributed by atoms with van der Waals surface area (Å²) in [6.45, 7) is -0.461. The number of hydrogen-bond donors (Lipinski definition) is 3. The van der Waals surface area contributed by atoms with Gasteiger partial charge in [0.25, 0.3) is 17.7 Å². The minimum Gasteiger partial charge on any atom is -0.484 e. The van der Waals surface area contributed by atoms with Crippen molar-refractivity contribution in [2.24, 2.45) is 0 Å². The largest absolute Gasteiger partial charge is 0.864 e. The minimum absolute atomic E-state index is 0.154. The van der Waals surface area contributed by atoms with E-state index < -0.39 is 165 Å². The molecule has 0 bridgehead atoms. The molecule has 64 heavy (non-hydrogen) atoms. The molecule has 3 aliphatic heterocycles. The third-order valence-corrected chi connectivity index (χ3v) is 10.0. The first kappa shape index (κ1) is 46.8. The number of rotatable bonds is 6. The quantitative estimate of drug-likeness (QED) is 0.112. The molecule has 0 aromatic heterocycles. The van der Waals surface area contributed by atoms with Gasteiger partial charge in [0.05, 0.1) is 0 Å². The van der Waals surface area contributed by atoms with Crippen molar-refractivity contribution in [2.45, 2.75) is 36.1 Å². The molecule has 3 aromatic carbocycles. The van der Waals surface area contributed by atoms with Crippen molar-refractivity contribution in [3.63, 3.8) is 0 Å². The number of benzene rings is 3.